The van der Waals surface area contributed by atoms with E-state index in [0.29, 0.717) is 13.0 Å². The van der Waals surface area contributed by atoms with Crippen LogP contribution in [0.4, 0.5) is 0 Å². The average molecular weight is 793 g/mol. The number of carbonyl (C=O) groups is 1. The molecule has 0 radical (unpaired) electrons. The van der Waals surface area contributed by atoms with Crippen LogP contribution in [-0.4, -0.2) is 70.2 Å². The molecule has 2 N–H and O–H groups in total. The van der Waals surface area contributed by atoms with Gasteiger partial charge < -0.3 is 10.2 Å². The Morgan fingerprint density at radius 2 is 1.36 bits per heavy atom. The first-order valence-corrected chi connectivity index (χ1v) is 22.2. The molecule has 2 bridgehead atoms. The van der Waals surface area contributed by atoms with Crippen molar-refractivity contribution in [3.8, 4) is 11.1 Å². The van der Waals surface area contributed by atoms with E-state index in [1.165, 1.54) is 11.1 Å². The Kier molecular flexibility index (Phi) is 9.35. The molecule has 6 heteroatoms. The second-order valence-corrected chi connectivity index (χ2v) is 19.7. The van der Waals surface area contributed by atoms with E-state index in [-0.39, 0.29) is 46.0 Å². The van der Waals surface area contributed by atoms with Gasteiger partial charge >= 0.3 is 0 Å². The first kappa shape index (κ1) is 38.4. The number of aliphatic hydroxyl groups excluding tert-OH is 1. The molecule has 4 aromatic rings. The fraction of sp³-hybridized carbons (Fsp3) is 0.442. The molecule has 6 aliphatic carbocycles. The highest BCUT2D eigenvalue weighted by molar-refractivity contribution is 6.30. The first-order valence-electron chi connectivity index (χ1n) is 21.8. The van der Waals surface area contributed by atoms with Gasteiger partial charge in [0.2, 0.25) is 0 Å². The summed E-state index contributed by atoms with van der Waals surface area (Å²) < 4.78 is 0. The Balaban J connectivity index is 0.970. The van der Waals surface area contributed by atoms with Crippen molar-refractivity contribution in [2.24, 2.45) is 33.5 Å². The van der Waals surface area contributed by atoms with E-state index >= 15 is 4.79 Å². The molecule has 3 saturated carbocycles. The minimum atomic E-state index is -0.881. The van der Waals surface area contributed by atoms with Crippen LogP contribution in [-0.2, 0) is 0 Å². The lowest BCUT2D eigenvalue weighted by Crippen LogP contribution is -2.67. The van der Waals surface area contributed by atoms with Crippen molar-refractivity contribution in [2.75, 3.05) is 32.7 Å². The van der Waals surface area contributed by atoms with Gasteiger partial charge in [-0.2, -0.15) is 0 Å². The van der Waals surface area contributed by atoms with E-state index < -0.39 is 11.0 Å². The van der Waals surface area contributed by atoms with Gasteiger partial charge in [-0.1, -0.05) is 141 Å². The Morgan fingerprint density at radius 3 is 2.10 bits per heavy atom. The lowest BCUT2D eigenvalue weighted by Gasteiger charge is -2.71. The maximum absolute atomic E-state index is 15.5. The molecule has 0 amide bonds. The summed E-state index contributed by atoms with van der Waals surface area (Å²) in [7, 11) is 0. The number of Topliss-reactive ketones (excluding diaryl/α,β-unsaturated/α-hetero) is 1. The SMILES string of the molecule is CC12CCC(O)CC13C=CC1(C(C(=O)c4ccccc4-c4ccccc4)=C3)C2CCC2(C)C1CCC2(O)CN1CCN(C(c2ccccc2)c2ccc(Cl)cc2)CC1. The van der Waals surface area contributed by atoms with E-state index in [1.807, 2.05) is 48.5 Å². The van der Waals surface area contributed by atoms with E-state index in [4.69, 9.17) is 11.6 Å². The molecule has 9 atom stereocenters. The Morgan fingerprint density at radius 1 is 0.741 bits per heavy atom. The van der Waals surface area contributed by atoms with Gasteiger partial charge in [0.05, 0.1) is 17.7 Å². The average Bonchev–Trinajstić information content (AvgIpc) is 3.52. The number of ketones is 1. The fourth-order valence-electron chi connectivity index (χ4n) is 13.7. The third-order valence-corrected chi connectivity index (χ3v) is 17.0. The summed E-state index contributed by atoms with van der Waals surface area (Å²) in [4.78, 5) is 20.6. The number of halogens is 1. The van der Waals surface area contributed by atoms with Crippen LogP contribution in [0.2, 0.25) is 5.02 Å². The summed E-state index contributed by atoms with van der Waals surface area (Å²) in [5, 5.41) is 25.2. The second kappa shape index (κ2) is 14.1. The van der Waals surface area contributed by atoms with Crippen LogP contribution >= 0.6 is 11.6 Å². The monoisotopic (exact) mass is 792 g/mol. The topological polar surface area (TPSA) is 64.0 Å². The molecule has 5 nitrogen and oxygen atoms in total. The largest absolute Gasteiger partial charge is 0.393 e. The Labute approximate surface area is 349 Å². The van der Waals surface area contributed by atoms with E-state index in [0.717, 1.165) is 92.0 Å². The van der Waals surface area contributed by atoms with Crippen LogP contribution < -0.4 is 0 Å². The number of nitrogens with zero attached hydrogens (tertiary/aromatic N) is 2. The highest BCUT2D eigenvalue weighted by atomic mass is 35.5. The van der Waals surface area contributed by atoms with Gasteiger partial charge in [0.25, 0.3) is 0 Å². The molecule has 0 aromatic heterocycles. The number of allylic oxidation sites excluding steroid dienone is 4. The van der Waals surface area contributed by atoms with Gasteiger partial charge in [-0.05, 0) is 96.6 Å². The first-order chi connectivity index (χ1) is 28.0. The van der Waals surface area contributed by atoms with E-state index in [1.54, 1.807) is 0 Å². The predicted molar refractivity (Wildman–Crippen MR) is 233 cm³/mol. The molecule has 9 unspecified atom stereocenters. The van der Waals surface area contributed by atoms with Gasteiger partial charge in [0.1, 0.15) is 0 Å². The van der Waals surface area contributed by atoms with E-state index in [9.17, 15) is 10.2 Å². The molecule has 11 rings (SSSR count). The van der Waals surface area contributed by atoms with Gasteiger partial charge in [-0.3, -0.25) is 14.6 Å². The van der Waals surface area contributed by atoms with Crippen LogP contribution in [0.5, 0.6) is 0 Å². The number of fused-ring (bicyclic) bond motifs is 1. The number of hydrogen-bond donors (Lipinski definition) is 2. The van der Waals surface area contributed by atoms with Gasteiger partial charge in [0, 0.05) is 65.1 Å². The van der Waals surface area contributed by atoms with Crippen molar-refractivity contribution in [3.05, 3.63) is 155 Å². The third-order valence-electron chi connectivity index (χ3n) is 16.8. The smallest absolute Gasteiger partial charge is 0.190 e. The highest BCUT2D eigenvalue weighted by Crippen LogP contribution is 2.78. The quantitative estimate of drug-likeness (QED) is 0.137. The molecule has 1 aliphatic heterocycles. The van der Waals surface area contributed by atoms with Gasteiger partial charge in [-0.15, -0.1) is 0 Å². The standard InChI is InChI=1S/C52H57ClN2O3/c1-48-24-21-40(56)33-50(48)27-28-52(43(34-50)47(57)42-16-10-9-15-41(42)36-11-5-3-6-12-36)44(48)22-25-49(2)45(52)23-26-51(49,58)35-54-29-31-55(32-30-54)46(37-13-7-4-8-14-37)38-17-19-39(53)20-18-38/h3-20,27-28,34,40,44-46,56,58H,21-26,29-33,35H2,1-2H3. The fourth-order valence-corrected chi connectivity index (χ4v) is 13.9. The number of hydrogen-bond acceptors (Lipinski definition) is 5. The number of carbonyl (C=O) groups excluding carboxylic acids is 1. The summed E-state index contributed by atoms with van der Waals surface area (Å²) >= 11 is 6.33. The molecule has 4 aromatic carbocycles. The van der Waals surface area contributed by atoms with Crippen molar-refractivity contribution in [2.45, 2.75) is 76.5 Å². The maximum atomic E-state index is 15.5. The third kappa shape index (κ3) is 5.67. The molecular weight excluding hydrogens is 736 g/mol. The summed E-state index contributed by atoms with van der Waals surface area (Å²) in [5.74, 6) is 0.492. The number of benzene rings is 4. The molecule has 300 valence electrons. The van der Waals surface area contributed by atoms with Crippen LogP contribution in [0.3, 0.4) is 0 Å². The molecule has 4 fully saturated rings. The van der Waals surface area contributed by atoms with Crippen LogP contribution in [0.25, 0.3) is 11.1 Å². The number of β-amino-alcohol motifs (C(OH)–C–C–N with tert-alkyl or cyclic N) is 1. The van der Waals surface area contributed by atoms with Crippen LogP contribution in [0.15, 0.2) is 133 Å². The summed E-state index contributed by atoms with van der Waals surface area (Å²) in [6, 6.07) is 37.6. The van der Waals surface area contributed by atoms with Crippen molar-refractivity contribution < 1.29 is 15.0 Å². The zero-order valence-electron chi connectivity index (χ0n) is 34.0. The molecule has 1 heterocycles. The minimum Gasteiger partial charge on any atom is -0.393 e. The Hall–Kier alpha value is -3.84. The number of rotatable bonds is 8. The maximum Gasteiger partial charge on any atom is 0.190 e. The minimum absolute atomic E-state index is 0.0680. The zero-order valence-corrected chi connectivity index (χ0v) is 34.8. The normalized spacial score (nSPS) is 36.1. The predicted octanol–water partition coefficient (Wildman–Crippen LogP) is 10.2. The lowest BCUT2D eigenvalue weighted by atomic mass is 9.32. The lowest BCUT2D eigenvalue weighted by molar-refractivity contribution is -0.177. The summed E-state index contributed by atoms with van der Waals surface area (Å²) in [6.45, 7) is 9.06. The zero-order chi connectivity index (χ0) is 39.9. The van der Waals surface area contributed by atoms with Crippen molar-refractivity contribution in [3.63, 3.8) is 0 Å². The Bertz CT molecular complexity index is 2250. The van der Waals surface area contributed by atoms with Crippen LogP contribution in [0, 0.1) is 33.5 Å². The molecule has 1 saturated heterocycles. The number of piperazine rings is 1. The summed E-state index contributed by atoms with van der Waals surface area (Å²) in [6.07, 6.45) is 12.8. The molecular formula is C52H57ClN2O3. The molecule has 7 aliphatic rings. The van der Waals surface area contributed by atoms with E-state index in [2.05, 4.69) is 103 Å². The van der Waals surface area contributed by atoms with Crippen molar-refractivity contribution in [1.29, 1.82) is 0 Å². The van der Waals surface area contributed by atoms with Crippen molar-refractivity contribution >= 4 is 17.4 Å². The molecule has 2 spiro atoms. The highest BCUT2D eigenvalue weighted by Gasteiger charge is 2.74. The second-order valence-electron chi connectivity index (χ2n) is 19.2. The van der Waals surface area contributed by atoms with Crippen LogP contribution in [0.1, 0.15) is 86.3 Å². The number of aliphatic hydroxyl groups is 2. The van der Waals surface area contributed by atoms with Crippen molar-refractivity contribution in [1.82, 2.24) is 9.80 Å². The summed E-state index contributed by atoms with van der Waals surface area (Å²) in [5.41, 5.74) is 4.01. The van der Waals surface area contributed by atoms with Gasteiger partial charge in [0.15, 0.2) is 5.78 Å². The van der Waals surface area contributed by atoms with Gasteiger partial charge in [-0.25, -0.2) is 0 Å². The molecule has 58 heavy (non-hydrogen) atoms.